The van der Waals surface area contributed by atoms with Crippen molar-refractivity contribution in [3.05, 3.63) is 112 Å². The molecule has 0 fully saturated rings. The van der Waals surface area contributed by atoms with Crippen LogP contribution < -0.4 is 5.69 Å². The minimum Gasteiger partial charge on any atom is -0.292 e. The highest BCUT2D eigenvalue weighted by atomic mass is 16.2. The van der Waals surface area contributed by atoms with Crippen molar-refractivity contribution in [1.82, 2.24) is 29.8 Å². The fraction of sp³-hybridized carbons (Fsp3) is 0.233. The van der Waals surface area contributed by atoms with Gasteiger partial charge in [0.2, 0.25) is 11.7 Å². The van der Waals surface area contributed by atoms with Crippen LogP contribution in [0.3, 0.4) is 0 Å². The van der Waals surface area contributed by atoms with E-state index in [1.54, 1.807) is 10.8 Å². The lowest BCUT2D eigenvalue weighted by Gasteiger charge is -2.11. The van der Waals surface area contributed by atoms with Gasteiger partial charge < -0.3 is 0 Å². The SMILES string of the molecule is CC(C)CCc1cn(C(=O)Cc2ccccc2)c(=O)n1Cc1ccc(-c2ccccc2-c2nn[nH]n2)cc1. The Morgan fingerprint density at radius 1 is 0.895 bits per heavy atom. The van der Waals surface area contributed by atoms with Crippen LogP contribution in [0.5, 0.6) is 0 Å². The molecule has 0 saturated carbocycles. The molecule has 0 radical (unpaired) electrons. The number of aromatic nitrogens is 6. The Morgan fingerprint density at radius 3 is 2.29 bits per heavy atom. The maximum absolute atomic E-state index is 13.4. The second-order valence-electron chi connectivity index (χ2n) is 9.83. The number of carbonyl (C=O) groups excluding carboxylic acids is 1. The zero-order valence-corrected chi connectivity index (χ0v) is 21.5. The maximum Gasteiger partial charge on any atom is 0.335 e. The molecule has 5 rings (SSSR count). The van der Waals surface area contributed by atoms with Crippen LogP contribution >= 0.6 is 0 Å². The number of tetrazole rings is 1. The van der Waals surface area contributed by atoms with E-state index in [1.807, 2.05) is 78.9 Å². The van der Waals surface area contributed by atoms with Crippen molar-refractivity contribution in [3.63, 3.8) is 0 Å². The van der Waals surface area contributed by atoms with Crippen LogP contribution in [0.15, 0.2) is 89.9 Å². The molecular weight excluding hydrogens is 476 g/mol. The summed E-state index contributed by atoms with van der Waals surface area (Å²) in [5.74, 6) is 0.798. The molecular formula is C30H30N6O2. The largest absolute Gasteiger partial charge is 0.335 e. The minimum absolute atomic E-state index is 0.183. The summed E-state index contributed by atoms with van der Waals surface area (Å²) in [5.41, 5.74) is 5.33. The molecule has 0 saturated heterocycles. The van der Waals surface area contributed by atoms with Crippen LogP contribution in [-0.2, 0) is 19.4 Å². The third kappa shape index (κ3) is 5.54. The lowest BCUT2D eigenvalue weighted by Crippen LogP contribution is -2.30. The molecule has 0 atom stereocenters. The van der Waals surface area contributed by atoms with Crippen molar-refractivity contribution in [2.75, 3.05) is 0 Å². The molecule has 8 heteroatoms. The molecule has 0 aliphatic rings. The number of aromatic amines is 1. The first-order valence-corrected chi connectivity index (χ1v) is 12.8. The summed E-state index contributed by atoms with van der Waals surface area (Å²) in [6, 6.07) is 25.5. The normalized spacial score (nSPS) is 11.2. The molecule has 0 aliphatic carbocycles. The molecule has 5 aromatic rings. The van der Waals surface area contributed by atoms with E-state index < -0.39 is 0 Å². The van der Waals surface area contributed by atoms with Crippen molar-refractivity contribution in [3.8, 4) is 22.5 Å². The number of imidazole rings is 1. The van der Waals surface area contributed by atoms with Crippen molar-refractivity contribution in [1.29, 1.82) is 0 Å². The number of hydrogen-bond donors (Lipinski definition) is 1. The quantitative estimate of drug-likeness (QED) is 0.303. The highest BCUT2D eigenvalue weighted by Gasteiger charge is 2.18. The van der Waals surface area contributed by atoms with Gasteiger partial charge in [-0.1, -0.05) is 92.7 Å². The van der Waals surface area contributed by atoms with Crippen LogP contribution in [0, 0.1) is 5.92 Å². The van der Waals surface area contributed by atoms with Crippen LogP contribution in [-0.4, -0.2) is 35.7 Å². The molecule has 0 amide bonds. The molecule has 2 aromatic heterocycles. The van der Waals surface area contributed by atoms with Gasteiger partial charge in [-0.2, -0.15) is 5.21 Å². The predicted molar refractivity (Wildman–Crippen MR) is 147 cm³/mol. The Kier molecular flexibility index (Phi) is 7.40. The van der Waals surface area contributed by atoms with E-state index in [2.05, 4.69) is 34.5 Å². The van der Waals surface area contributed by atoms with Gasteiger partial charge in [-0.25, -0.2) is 9.36 Å². The van der Waals surface area contributed by atoms with Crippen molar-refractivity contribution < 1.29 is 4.79 Å². The monoisotopic (exact) mass is 506 g/mol. The average molecular weight is 507 g/mol. The zero-order valence-electron chi connectivity index (χ0n) is 21.5. The summed E-state index contributed by atoms with van der Waals surface area (Å²) in [6.07, 6.45) is 3.57. The first-order chi connectivity index (χ1) is 18.5. The van der Waals surface area contributed by atoms with Gasteiger partial charge in [-0.05, 0) is 46.2 Å². The Hall–Kier alpha value is -4.59. The van der Waals surface area contributed by atoms with Gasteiger partial charge in [0.1, 0.15) is 0 Å². The van der Waals surface area contributed by atoms with Crippen molar-refractivity contribution in [2.45, 2.75) is 39.7 Å². The number of rotatable bonds is 9. The first kappa shape index (κ1) is 25.1. The molecule has 0 spiro atoms. The number of aryl methyl sites for hydroxylation is 1. The summed E-state index contributed by atoms with van der Waals surface area (Å²) in [5, 5.41) is 14.4. The first-order valence-electron chi connectivity index (χ1n) is 12.8. The van der Waals surface area contributed by atoms with E-state index in [1.165, 1.54) is 4.57 Å². The number of hydrogen-bond acceptors (Lipinski definition) is 5. The van der Waals surface area contributed by atoms with Crippen LogP contribution in [0.25, 0.3) is 22.5 Å². The summed E-state index contributed by atoms with van der Waals surface area (Å²) in [4.78, 5) is 26.5. The van der Waals surface area contributed by atoms with Gasteiger partial charge in [0, 0.05) is 17.5 Å². The molecule has 8 nitrogen and oxygen atoms in total. The Morgan fingerprint density at radius 2 is 1.61 bits per heavy atom. The number of H-pyrrole nitrogens is 1. The Bertz CT molecular complexity index is 1570. The average Bonchev–Trinajstić information content (AvgIpc) is 3.57. The molecule has 192 valence electrons. The minimum atomic E-state index is -0.295. The lowest BCUT2D eigenvalue weighted by atomic mass is 9.98. The number of carbonyl (C=O) groups is 1. The van der Waals surface area contributed by atoms with Crippen molar-refractivity contribution >= 4 is 5.91 Å². The highest BCUT2D eigenvalue weighted by Crippen LogP contribution is 2.29. The zero-order chi connectivity index (χ0) is 26.5. The second-order valence-corrected chi connectivity index (χ2v) is 9.83. The third-order valence-corrected chi connectivity index (χ3v) is 6.63. The third-order valence-electron chi connectivity index (χ3n) is 6.63. The maximum atomic E-state index is 13.4. The smallest absolute Gasteiger partial charge is 0.292 e. The van der Waals surface area contributed by atoms with Gasteiger partial charge >= 0.3 is 5.69 Å². The highest BCUT2D eigenvalue weighted by molar-refractivity contribution is 5.81. The summed E-state index contributed by atoms with van der Waals surface area (Å²) < 4.78 is 3.01. The fourth-order valence-electron chi connectivity index (χ4n) is 4.54. The fourth-order valence-corrected chi connectivity index (χ4v) is 4.54. The van der Waals surface area contributed by atoms with Gasteiger partial charge in [-0.3, -0.25) is 9.36 Å². The molecule has 38 heavy (non-hydrogen) atoms. The Labute approximate surface area is 221 Å². The molecule has 3 aromatic carbocycles. The van der Waals surface area contributed by atoms with Crippen LogP contribution in [0.2, 0.25) is 0 Å². The summed E-state index contributed by atoms with van der Waals surface area (Å²) >= 11 is 0. The van der Waals surface area contributed by atoms with E-state index in [0.717, 1.165) is 46.4 Å². The number of benzene rings is 3. The Balaban J connectivity index is 1.42. The predicted octanol–water partition coefficient (Wildman–Crippen LogP) is 5.02. The summed E-state index contributed by atoms with van der Waals surface area (Å²) in [7, 11) is 0. The number of nitrogens with zero attached hydrogens (tertiary/aromatic N) is 5. The molecule has 1 N–H and O–H groups in total. The summed E-state index contributed by atoms with van der Waals surface area (Å²) in [6.45, 7) is 4.71. The van der Waals surface area contributed by atoms with Crippen LogP contribution in [0.4, 0.5) is 0 Å². The van der Waals surface area contributed by atoms with Crippen LogP contribution in [0.1, 0.15) is 41.9 Å². The molecule has 0 aliphatic heterocycles. The van der Waals surface area contributed by atoms with E-state index >= 15 is 0 Å². The van der Waals surface area contributed by atoms with E-state index in [-0.39, 0.29) is 18.0 Å². The van der Waals surface area contributed by atoms with Gasteiger partial charge in [0.05, 0.1) is 13.0 Å². The lowest BCUT2D eigenvalue weighted by molar-refractivity contribution is 0.0909. The molecule has 0 unspecified atom stereocenters. The van der Waals surface area contributed by atoms with Gasteiger partial charge in [-0.15, -0.1) is 10.2 Å². The molecule has 2 heterocycles. The topological polar surface area (TPSA) is 98.5 Å². The second kappa shape index (κ2) is 11.2. The number of nitrogens with one attached hydrogen (secondary N) is 1. The standard InChI is InChI=1S/C30H30N6O2/c1-21(2)12-17-25-20-36(28(37)18-22-8-4-3-5-9-22)30(38)35(25)19-23-13-15-24(16-14-23)26-10-6-7-11-27(26)29-31-33-34-32-29/h3-11,13-16,20-21H,12,17-19H2,1-2H3,(H,31,32,33,34). The van der Waals surface area contributed by atoms with E-state index in [0.29, 0.717) is 18.3 Å². The van der Waals surface area contributed by atoms with E-state index in [4.69, 9.17) is 0 Å². The molecule has 0 bridgehead atoms. The van der Waals surface area contributed by atoms with E-state index in [9.17, 15) is 9.59 Å². The van der Waals surface area contributed by atoms with Gasteiger partial charge in [0.25, 0.3) is 0 Å². The van der Waals surface area contributed by atoms with Crippen molar-refractivity contribution in [2.24, 2.45) is 5.92 Å². The van der Waals surface area contributed by atoms with Gasteiger partial charge in [0.15, 0.2) is 0 Å².